The van der Waals surface area contributed by atoms with Crippen molar-refractivity contribution in [2.75, 3.05) is 14.1 Å². The van der Waals surface area contributed by atoms with E-state index in [0.717, 1.165) is 5.69 Å². The lowest BCUT2D eigenvalue weighted by atomic mass is 10.2. The molecular weight excluding hydrogens is 152 g/mol. The van der Waals surface area contributed by atoms with Crippen LogP contribution in [0.2, 0.25) is 0 Å². The van der Waals surface area contributed by atoms with Gasteiger partial charge in [0.2, 0.25) is 5.91 Å². The molecule has 1 amide bonds. The second-order valence-electron chi connectivity index (χ2n) is 2.79. The van der Waals surface area contributed by atoms with Gasteiger partial charge < -0.3 is 4.90 Å². The zero-order valence-corrected chi connectivity index (χ0v) is 7.32. The highest BCUT2D eigenvalue weighted by molar-refractivity contribution is 5.77. The summed E-state index contributed by atoms with van der Waals surface area (Å²) >= 11 is 0. The predicted molar refractivity (Wildman–Crippen MR) is 46.6 cm³/mol. The van der Waals surface area contributed by atoms with Gasteiger partial charge in [0.25, 0.3) is 0 Å². The van der Waals surface area contributed by atoms with Crippen LogP contribution in [0.3, 0.4) is 0 Å². The van der Waals surface area contributed by atoms with E-state index in [9.17, 15) is 4.79 Å². The summed E-state index contributed by atoms with van der Waals surface area (Å²) < 4.78 is 0. The number of carbonyl (C=O) groups excluding carboxylic acids is 1. The zero-order chi connectivity index (χ0) is 8.97. The van der Waals surface area contributed by atoms with E-state index in [0.29, 0.717) is 6.42 Å². The van der Waals surface area contributed by atoms with E-state index in [1.807, 2.05) is 18.2 Å². The third-order valence-electron chi connectivity index (χ3n) is 1.56. The first-order chi connectivity index (χ1) is 5.70. The van der Waals surface area contributed by atoms with Crippen LogP contribution in [-0.2, 0) is 11.2 Å². The van der Waals surface area contributed by atoms with Gasteiger partial charge in [-0.3, -0.25) is 9.78 Å². The molecule has 0 fully saturated rings. The lowest BCUT2D eigenvalue weighted by Gasteiger charge is -2.08. The number of aromatic nitrogens is 1. The van der Waals surface area contributed by atoms with Crippen LogP contribution < -0.4 is 0 Å². The molecule has 0 N–H and O–H groups in total. The van der Waals surface area contributed by atoms with E-state index in [4.69, 9.17) is 0 Å². The Morgan fingerprint density at radius 3 is 2.75 bits per heavy atom. The Hall–Kier alpha value is -1.38. The first kappa shape index (κ1) is 8.71. The van der Waals surface area contributed by atoms with Crippen molar-refractivity contribution in [3.8, 4) is 0 Å². The molecular formula is C9H12N2O. The summed E-state index contributed by atoms with van der Waals surface area (Å²) in [5.41, 5.74) is 0.816. The van der Waals surface area contributed by atoms with Gasteiger partial charge in [-0.25, -0.2) is 0 Å². The van der Waals surface area contributed by atoms with E-state index >= 15 is 0 Å². The fourth-order valence-corrected chi connectivity index (χ4v) is 0.816. The highest BCUT2D eigenvalue weighted by Gasteiger charge is 2.04. The monoisotopic (exact) mass is 164 g/mol. The fraction of sp³-hybridized carbons (Fsp3) is 0.333. The lowest BCUT2D eigenvalue weighted by molar-refractivity contribution is -0.128. The van der Waals surface area contributed by atoms with Crippen LogP contribution in [0.4, 0.5) is 0 Å². The summed E-state index contributed by atoms with van der Waals surface area (Å²) in [6.45, 7) is 0. The quantitative estimate of drug-likeness (QED) is 0.645. The molecule has 1 heterocycles. The summed E-state index contributed by atoms with van der Waals surface area (Å²) in [5.74, 6) is 0.0775. The average molecular weight is 164 g/mol. The molecule has 64 valence electrons. The molecule has 1 rings (SSSR count). The highest BCUT2D eigenvalue weighted by Crippen LogP contribution is 1.96. The van der Waals surface area contributed by atoms with Gasteiger partial charge in [-0.05, 0) is 12.1 Å². The molecule has 0 saturated heterocycles. The van der Waals surface area contributed by atoms with E-state index < -0.39 is 0 Å². The highest BCUT2D eigenvalue weighted by atomic mass is 16.2. The molecule has 0 bridgehead atoms. The molecule has 0 radical (unpaired) electrons. The largest absolute Gasteiger partial charge is 0.348 e. The molecule has 0 aliphatic rings. The number of rotatable bonds is 2. The molecule has 0 atom stereocenters. The number of hydrogen-bond acceptors (Lipinski definition) is 2. The Morgan fingerprint density at radius 2 is 2.25 bits per heavy atom. The minimum absolute atomic E-state index is 0.0775. The summed E-state index contributed by atoms with van der Waals surface area (Å²) in [4.78, 5) is 16.8. The lowest BCUT2D eigenvalue weighted by Crippen LogP contribution is -2.23. The third-order valence-corrected chi connectivity index (χ3v) is 1.56. The van der Waals surface area contributed by atoms with Gasteiger partial charge in [0.05, 0.1) is 6.42 Å². The second kappa shape index (κ2) is 3.85. The van der Waals surface area contributed by atoms with E-state index in [1.54, 1.807) is 25.2 Å². The Morgan fingerprint density at radius 1 is 1.50 bits per heavy atom. The minimum Gasteiger partial charge on any atom is -0.348 e. The molecule has 0 aromatic carbocycles. The topological polar surface area (TPSA) is 33.2 Å². The molecule has 1 aromatic heterocycles. The number of carbonyl (C=O) groups is 1. The summed E-state index contributed by atoms with van der Waals surface area (Å²) in [6, 6.07) is 5.57. The molecule has 0 aliphatic carbocycles. The Labute approximate surface area is 72.0 Å². The molecule has 0 spiro atoms. The maximum Gasteiger partial charge on any atom is 0.228 e. The van der Waals surface area contributed by atoms with Crippen molar-refractivity contribution in [2.24, 2.45) is 0 Å². The first-order valence-electron chi connectivity index (χ1n) is 3.80. The van der Waals surface area contributed by atoms with Crippen LogP contribution in [0.5, 0.6) is 0 Å². The van der Waals surface area contributed by atoms with Crippen molar-refractivity contribution >= 4 is 5.91 Å². The van der Waals surface area contributed by atoms with Gasteiger partial charge in [0, 0.05) is 26.0 Å². The van der Waals surface area contributed by atoms with Crippen molar-refractivity contribution < 1.29 is 4.79 Å². The summed E-state index contributed by atoms with van der Waals surface area (Å²) in [7, 11) is 3.48. The van der Waals surface area contributed by atoms with E-state index in [1.165, 1.54) is 0 Å². The van der Waals surface area contributed by atoms with Crippen molar-refractivity contribution in [1.82, 2.24) is 9.88 Å². The predicted octanol–water partition coefficient (Wildman–Crippen LogP) is 0.712. The SMILES string of the molecule is CN(C)C(=O)Cc1ccccn1. The normalized spacial score (nSPS) is 9.50. The van der Waals surface area contributed by atoms with Crippen LogP contribution in [0.15, 0.2) is 24.4 Å². The number of amides is 1. The number of nitrogens with zero attached hydrogens (tertiary/aromatic N) is 2. The average Bonchev–Trinajstić information content (AvgIpc) is 2.06. The van der Waals surface area contributed by atoms with Crippen LogP contribution in [-0.4, -0.2) is 29.9 Å². The third kappa shape index (κ3) is 2.34. The molecule has 0 saturated carbocycles. The van der Waals surface area contributed by atoms with Crippen molar-refractivity contribution in [3.05, 3.63) is 30.1 Å². The van der Waals surface area contributed by atoms with Gasteiger partial charge in [0.1, 0.15) is 0 Å². The van der Waals surface area contributed by atoms with Crippen molar-refractivity contribution in [2.45, 2.75) is 6.42 Å². The molecule has 3 heteroatoms. The maximum atomic E-state index is 11.2. The molecule has 0 aliphatic heterocycles. The van der Waals surface area contributed by atoms with Crippen LogP contribution in [0, 0.1) is 0 Å². The van der Waals surface area contributed by atoms with Gasteiger partial charge in [0.15, 0.2) is 0 Å². The number of likely N-dealkylation sites (N-methyl/N-ethyl adjacent to an activating group) is 1. The maximum absolute atomic E-state index is 11.2. The Bertz CT molecular complexity index is 256. The molecule has 3 nitrogen and oxygen atoms in total. The summed E-state index contributed by atoms with van der Waals surface area (Å²) in [5, 5.41) is 0. The van der Waals surface area contributed by atoms with E-state index in [-0.39, 0.29) is 5.91 Å². The number of pyridine rings is 1. The molecule has 1 aromatic rings. The standard InChI is InChI=1S/C9H12N2O/c1-11(2)9(12)7-8-5-3-4-6-10-8/h3-6H,7H2,1-2H3. The van der Waals surface area contributed by atoms with Gasteiger partial charge >= 0.3 is 0 Å². The van der Waals surface area contributed by atoms with Crippen LogP contribution >= 0.6 is 0 Å². The van der Waals surface area contributed by atoms with E-state index in [2.05, 4.69) is 4.98 Å². The van der Waals surface area contributed by atoms with Crippen molar-refractivity contribution in [1.29, 1.82) is 0 Å². The van der Waals surface area contributed by atoms with Gasteiger partial charge in [-0.1, -0.05) is 6.07 Å². The Kier molecular flexibility index (Phi) is 2.80. The zero-order valence-electron chi connectivity index (χ0n) is 7.32. The van der Waals surface area contributed by atoms with Gasteiger partial charge in [-0.2, -0.15) is 0 Å². The first-order valence-corrected chi connectivity index (χ1v) is 3.80. The molecule has 0 unspecified atom stereocenters. The minimum atomic E-state index is 0.0775. The van der Waals surface area contributed by atoms with Crippen LogP contribution in [0.1, 0.15) is 5.69 Å². The second-order valence-corrected chi connectivity index (χ2v) is 2.79. The Balaban J connectivity index is 2.59. The smallest absolute Gasteiger partial charge is 0.228 e. The van der Waals surface area contributed by atoms with Crippen molar-refractivity contribution in [3.63, 3.8) is 0 Å². The fourth-order valence-electron chi connectivity index (χ4n) is 0.816. The number of hydrogen-bond donors (Lipinski definition) is 0. The molecule has 12 heavy (non-hydrogen) atoms. The summed E-state index contributed by atoms with van der Waals surface area (Å²) in [6.07, 6.45) is 2.08. The van der Waals surface area contributed by atoms with Gasteiger partial charge in [-0.15, -0.1) is 0 Å². The van der Waals surface area contributed by atoms with Crippen LogP contribution in [0.25, 0.3) is 0 Å².